The smallest absolute Gasteiger partial charge is 0.157 e. The molecule has 22 heavy (non-hydrogen) atoms. The van der Waals surface area contributed by atoms with Crippen LogP contribution in [-0.2, 0) is 0 Å². The Balaban J connectivity index is 1.98. The fraction of sp³-hybridized carbons (Fsp3) is 0.0588. The SMILES string of the molecule is Cc1ncc2c(Nc3ccccc3Br)nc3ccccc3n12. The normalized spacial score (nSPS) is 11.2. The van der Waals surface area contributed by atoms with Gasteiger partial charge in [0.15, 0.2) is 5.82 Å². The van der Waals surface area contributed by atoms with Crippen molar-refractivity contribution in [1.29, 1.82) is 0 Å². The van der Waals surface area contributed by atoms with Gasteiger partial charge in [0.25, 0.3) is 0 Å². The number of fused-ring (bicyclic) bond motifs is 3. The summed E-state index contributed by atoms with van der Waals surface area (Å²) in [5, 5.41) is 3.40. The van der Waals surface area contributed by atoms with Gasteiger partial charge in [-0.1, -0.05) is 24.3 Å². The van der Waals surface area contributed by atoms with Gasteiger partial charge in [0.05, 0.1) is 22.9 Å². The van der Waals surface area contributed by atoms with E-state index in [1.807, 2.05) is 55.6 Å². The molecule has 5 heteroatoms. The largest absolute Gasteiger partial charge is 0.337 e. The van der Waals surface area contributed by atoms with Crippen LogP contribution in [0.25, 0.3) is 16.6 Å². The van der Waals surface area contributed by atoms with Gasteiger partial charge in [-0.05, 0) is 47.1 Å². The van der Waals surface area contributed by atoms with Crippen LogP contribution in [0.2, 0.25) is 0 Å². The molecular formula is C17H13BrN4. The van der Waals surface area contributed by atoms with E-state index in [1.165, 1.54) is 0 Å². The number of para-hydroxylation sites is 3. The molecule has 0 radical (unpaired) electrons. The summed E-state index contributed by atoms with van der Waals surface area (Å²) in [5.41, 5.74) is 3.94. The third kappa shape index (κ3) is 2.05. The number of nitrogens with zero attached hydrogens (tertiary/aromatic N) is 3. The Labute approximate surface area is 136 Å². The molecule has 4 nitrogen and oxygen atoms in total. The van der Waals surface area contributed by atoms with Crippen molar-refractivity contribution >= 4 is 44.0 Å². The summed E-state index contributed by atoms with van der Waals surface area (Å²) in [5.74, 6) is 1.75. The van der Waals surface area contributed by atoms with Crippen LogP contribution in [0.1, 0.15) is 5.82 Å². The van der Waals surface area contributed by atoms with Crippen LogP contribution in [0.5, 0.6) is 0 Å². The van der Waals surface area contributed by atoms with Crippen molar-refractivity contribution in [3.8, 4) is 0 Å². The minimum atomic E-state index is 0.797. The van der Waals surface area contributed by atoms with Gasteiger partial charge in [0, 0.05) is 4.47 Å². The lowest BCUT2D eigenvalue weighted by molar-refractivity contribution is 1.07. The predicted molar refractivity (Wildman–Crippen MR) is 92.7 cm³/mol. The summed E-state index contributed by atoms with van der Waals surface area (Å²) in [6.45, 7) is 2.00. The highest BCUT2D eigenvalue weighted by Gasteiger charge is 2.11. The number of benzene rings is 2. The Morgan fingerprint density at radius 3 is 2.64 bits per heavy atom. The van der Waals surface area contributed by atoms with Crippen molar-refractivity contribution in [1.82, 2.24) is 14.4 Å². The molecule has 1 N–H and O–H groups in total. The van der Waals surface area contributed by atoms with Crippen LogP contribution in [-0.4, -0.2) is 14.4 Å². The van der Waals surface area contributed by atoms with Gasteiger partial charge in [0.1, 0.15) is 11.3 Å². The number of halogens is 1. The first kappa shape index (κ1) is 13.3. The van der Waals surface area contributed by atoms with Gasteiger partial charge in [-0.25, -0.2) is 9.97 Å². The first-order valence-corrected chi connectivity index (χ1v) is 7.78. The molecule has 4 rings (SSSR count). The highest BCUT2D eigenvalue weighted by Crippen LogP contribution is 2.29. The van der Waals surface area contributed by atoms with E-state index in [0.717, 1.165) is 38.4 Å². The Bertz CT molecular complexity index is 990. The number of aryl methyl sites for hydroxylation is 1. The average Bonchev–Trinajstić information content (AvgIpc) is 2.92. The zero-order valence-corrected chi connectivity index (χ0v) is 13.5. The first-order valence-electron chi connectivity index (χ1n) is 6.98. The number of hydrogen-bond acceptors (Lipinski definition) is 3. The molecule has 0 saturated carbocycles. The Hall–Kier alpha value is -2.40. The van der Waals surface area contributed by atoms with Crippen molar-refractivity contribution in [2.24, 2.45) is 0 Å². The maximum absolute atomic E-state index is 4.76. The van der Waals surface area contributed by atoms with Gasteiger partial charge >= 0.3 is 0 Å². The summed E-state index contributed by atoms with van der Waals surface area (Å²) in [6.07, 6.45) is 1.86. The second-order valence-corrected chi connectivity index (χ2v) is 5.93. The summed E-state index contributed by atoms with van der Waals surface area (Å²) >= 11 is 3.56. The molecule has 0 unspecified atom stereocenters. The quantitative estimate of drug-likeness (QED) is 0.568. The first-order chi connectivity index (χ1) is 10.7. The molecule has 0 fully saturated rings. The van der Waals surface area contributed by atoms with E-state index in [9.17, 15) is 0 Å². The molecule has 0 spiro atoms. The van der Waals surface area contributed by atoms with Crippen molar-refractivity contribution in [2.45, 2.75) is 6.92 Å². The highest BCUT2D eigenvalue weighted by atomic mass is 79.9. The van der Waals surface area contributed by atoms with Gasteiger partial charge in [-0.15, -0.1) is 0 Å². The molecule has 108 valence electrons. The summed E-state index contributed by atoms with van der Waals surface area (Å²) < 4.78 is 3.13. The molecule has 2 heterocycles. The Morgan fingerprint density at radius 2 is 1.77 bits per heavy atom. The maximum Gasteiger partial charge on any atom is 0.157 e. The number of hydrogen-bond donors (Lipinski definition) is 1. The molecule has 4 aromatic rings. The van der Waals surface area contributed by atoms with Crippen LogP contribution in [0.15, 0.2) is 59.2 Å². The minimum absolute atomic E-state index is 0.797. The van der Waals surface area contributed by atoms with Gasteiger partial charge < -0.3 is 5.32 Å². The van der Waals surface area contributed by atoms with Crippen molar-refractivity contribution in [3.05, 3.63) is 65.0 Å². The maximum atomic E-state index is 4.76. The summed E-state index contributed by atoms with van der Waals surface area (Å²) in [7, 11) is 0. The zero-order chi connectivity index (χ0) is 15.1. The predicted octanol–water partition coefficient (Wildman–Crippen LogP) is 4.70. The van der Waals surface area contributed by atoms with E-state index in [-0.39, 0.29) is 0 Å². The zero-order valence-electron chi connectivity index (χ0n) is 11.9. The minimum Gasteiger partial charge on any atom is -0.337 e. The highest BCUT2D eigenvalue weighted by molar-refractivity contribution is 9.10. The number of anilines is 2. The summed E-state index contributed by atoms with van der Waals surface area (Å²) in [4.78, 5) is 9.20. The Morgan fingerprint density at radius 1 is 1.00 bits per heavy atom. The monoisotopic (exact) mass is 352 g/mol. The van der Waals surface area contributed by atoms with E-state index in [2.05, 4.69) is 36.7 Å². The molecule has 0 aliphatic heterocycles. The lowest BCUT2D eigenvalue weighted by Gasteiger charge is -2.11. The van der Waals surface area contributed by atoms with Gasteiger partial charge in [-0.3, -0.25) is 4.40 Å². The molecule has 2 aromatic heterocycles. The van der Waals surface area contributed by atoms with E-state index in [1.54, 1.807) is 0 Å². The molecular weight excluding hydrogens is 340 g/mol. The molecule has 0 bridgehead atoms. The number of aromatic nitrogens is 3. The summed E-state index contributed by atoms with van der Waals surface area (Å²) in [6, 6.07) is 16.1. The lowest BCUT2D eigenvalue weighted by Crippen LogP contribution is -2.00. The van der Waals surface area contributed by atoms with E-state index < -0.39 is 0 Å². The molecule has 0 atom stereocenters. The van der Waals surface area contributed by atoms with Crippen LogP contribution >= 0.6 is 15.9 Å². The second-order valence-electron chi connectivity index (χ2n) is 5.08. The fourth-order valence-corrected chi connectivity index (χ4v) is 3.01. The standard InChI is InChI=1S/C17H13BrN4/c1-11-19-10-16-17(20-13-7-3-2-6-12(13)18)21-14-8-4-5-9-15(14)22(11)16/h2-10H,1H3,(H,20,21). The number of rotatable bonds is 2. The van der Waals surface area contributed by atoms with Crippen molar-refractivity contribution < 1.29 is 0 Å². The fourth-order valence-electron chi connectivity index (χ4n) is 2.62. The van der Waals surface area contributed by atoms with Crippen LogP contribution < -0.4 is 5.32 Å². The molecule has 2 aromatic carbocycles. The number of imidazole rings is 1. The van der Waals surface area contributed by atoms with Crippen LogP contribution in [0, 0.1) is 6.92 Å². The topological polar surface area (TPSA) is 42.2 Å². The third-order valence-corrected chi connectivity index (χ3v) is 4.35. The number of nitrogens with one attached hydrogen (secondary N) is 1. The van der Waals surface area contributed by atoms with Crippen LogP contribution in [0.3, 0.4) is 0 Å². The Kier molecular flexibility index (Phi) is 3.08. The second kappa shape index (κ2) is 5.10. The molecule has 0 amide bonds. The van der Waals surface area contributed by atoms with Gasteiger partial charge in [0.2, 0.25) is 0 Å². The average molecular weight is 353 g/mol. The van der Waals surface area contributed by atoms with Crippen LogP contribution in [0.4, 0.5) is 11.5 Å². The van der Waals surface area contributed by atoms with Crippen molar-refractivity contribution in [2.75, 3.05) is 5.32 Å². The molecule has 0 aliphatic rings. The van der Waals surface area contributed by atoms with Gasteiger partial charge in [-0.2, -0.15) is 0 Å². The molecule has 0 aliphatic carbocycles. The molecule has 0 saturated heterocycles. The van der Waals surface area contributed by atoms with E-state index >= 15 is 0 Å². The van der Waals surface area contributed by atoms with E-state index in [4.69, 9.17) is 4.98 Å². The lowest BCUT2D eigenvalue weighted by atomic mass is 10.2. The third-order valence-electron chi connectivity index (χ3n) is 3.66. The van der Waals surface area contributed by atoms with Crippen molar-refractivity contribution in [3.63, 3.8) is 0 Å². The van der Waals surface area contributed by atoms with E-state index in [0.29, 0.717) is 0 Å².